The maximum atomic E-state index is 11.9. The number of aliphatic hydroxyl groups is 1. The Morgan fingerprint density at radius 1 is 1.07 bits per heavy atom. The van der Waals surface area contributed by atoms with Gasteiger partial charge < -0.3 is 24.1 Å². The fourth-order valence-corrected chi connectivity index (χ4v) is 3.44. The number of fused-ring (bicyclic) bond motifs is 1. The molecule has 1 aliphatic rings. The van der Waals surface area contributed by atoms with Crippen molar-refractivity contribution in [3.63, 3.8) is 0 Å². The van der Waals surface area contributed by atoms with E-state index in [4.69, 9.17) is 18.9 Å². The molecule has 0 saturated carbocycles. The topological polar surface area (TPSA) is 91.3 Å². The lowest BCUT2D eigenvalue weighted by Gasteiger charge is -2.44. The zero-order chi connectivity index (χ0) is 20.5. The van der Waals surface area contributed by atoms with Gasteiger partial charge in [-0.25, -0.2) is 0 Å². The Labute approximate surface area is 162 Å². The van der Waals surface area contributed by atoms with Crippen LogP contribution in [0.5, 0.6) is 11.5 Å². The van der Waals surface area contributed by atoms with Crippen molar-refractivity contribution in [1.82, 2.24) is 0 Å². The van der Waals surface area contributed by atoms with E-state index >= 15 is 0 Å². The molecule has 0 saturated heterocycles. The SMILES string of the molecule is COc1cccc(C2C(O)c3cccc(C)c3OC2(OC(C)=O)OC(C)=O)c1. The van der Waals surface area contributed by atoms with Crippen molar-refractivity contribution in [2.75, 3.05) is 7.11 Å². The van der Waals surface area contributed by atoms with Gasteiger partial charge in [0.05, 0.1) is 7.11 Å². The van der Waals surface area contributed by atoms with Crippen molar-refractivity contribution in [3.05, 3.63) is 59.2 Å². The van der Waals surface area contributed by atoms with Crippen LogP contribution in [0.1, 0.15) is 42.6 Å². The number of carbonyl (C=O) groups is 2. The van der Waals surface area contributed by atoms with Gasteiger partial charge in [0.1, 0.15) is 23.5 Å². The number of hydrogen-bond donors (Lipinski definition) is 1. The summed E-state index contributed by atoms with van der Waals surface area (Å²) in [6.07, 6.45) is -1.17. The summed E-state index contributed by atoms with van der Waals surface area (Å²) in [6, 6.07) is 12.1. The Morgan fingerprint density at radius 2 is 1.71 bits per heavy atom. The van der Waals surface area contributed by atoms with Gasteiger partial charge in [0.2, 0.25) is 0 Å². The summed E-state index contributed by atoms with van der Waals surface area (Å²) in [6.45, 7) is 4.14. The first-order valence-corrected chi connectivity index (χ1v) is 8.77. The van der Waals surface area contributed by atoms with E-state index in [1.165, 1.54) is 21.0 Å². The molecular weight excluding hydrogens is 364 g/mol. The van der Waals surface area contributed by atoms with Crippen molar-refractivity contribution in [2.24, 2.45) is 0 Å². The first kappa shape index (κ1) is 19.7. The van der Waals surface area contributed by atoms with Crippen LogP contribution in [0, 0.1) is 6.92 Å². The van der Waals surface area contributed by atoms with E-state index in [2.05, 4.69) is 0 Å². The summed E-state index contributed by atoms with van der Waals surface area (Å²) in [7, 11) is 1.51. The van der Waals surface area contributed by atoms with Crippen molar-refractivity contribution in [1.29, 1.82) is 0 Å². The molecule has 0 amide bonds. The van der Waals surface area contributed by atoms with Gasteiger partial charge in [-0.3, -0.25) is 9.59 Å². The Kier molecular flexibility index (Phi) is 5.29. The molecule has 0 fully saturated rings. The van der Waals surface area contributed by atoms with Crippen LogP contribution >= 0.6 is 0 Å². The monoisotopic (exact) mass is 386 g/mol. The van der Waals surface area contributed by atoms with Gasteiger partial charge >= 0.3 is 17.9 Å². The molecule has 2 atom stereocenters. The lowest BCUT2D eigenvalue weighted by atomic mass is 9.83. The molecule has 0 bridgehead atoms. The van der Waals surface area contributed by atoms with Crippen LogP contribution in [0.4, 0.5) is 0 Å². The van der Waals surface area contributed by atoms with Crippen molar-refractivity contribution in [2.45, 2.75) is 38.8 Å². The molecule has 2 aromatic rings. The smallest absolute Gasteiger partial charge is 0.431 e. The molecule has 2 aromatic carbocycles. The molecule has 2 unspecified atom stereocenters. The second kappa shape index (κ2) is 7.52. The van der Waals surface area contributed by atoms with Gasteiger partial charge in [-0.2, -0.15) is 0 Å². The van der Waals surface area contributed by atoms with Crippen LogP contribution in [0.25, 0.3) is 0 Å². The Hall–Kier alpha value is -3.06. The highest BCUT2D eigenvalue weighted by molar-refractivity contribution is 5.69. The van der Waals surface area contributed by atoms with Gasteiger partial charge in [0.15, 0.2) is 0 Å². The maximum absolute atomic E-state index is 11.9. The first-order valence-electron chi connectivity index (χ1n) is 8.77. The zero-order valence-electron chi connectivity index (χ0n) is 16.1. The molecule has 0 aromatic heterocycles. The highest BCUT2D eigenvalue weighted by atomic mass is 16.9. The zero-order valence-corrected chi connectivity index (χ0v) is 16.1. The number of rotatable bonds is 4. The van der Waals surface area contributed by atoms with E-state index in [-0.39, 0.29) is 0 Å². The molecule has 1 aliphatic heterocycles. The van der Waals surface area contributed by atoms with Crippen LogP contribution in [-0.2, 0) is 19.1 Å². The molecule has 0 radical (unpaired) electrons. The summed E-state index contributed by atoms with van der Waals surface area (Å²) >= 11 is 0. The Balaban J connectivity index is 2.25. The number of esters is 2. The third-order valence-electron chi connectivity index (χ3n) is 4.53. The van der Waals surface area contributed by atoms with Gasteiger partial charge in [0.25, 0.3) is 0 Å². The predicted molar refractivity (Wildman–Crippen MR) is 98.8 cm³/mol. The maximum Gasteiger partial charge on any atom is 0.431 e. The minimum atomic E-state index is -2.16. The van der Waals surface area contributed by atoms with Gasteiger partial charge in [-0.05, 0) is 30.2 Å². The minimum absolute atomic E-state index is 0.302. The van der Waals surface area contributed by atoms with Crippen molar-refractivity contribution >= 4 is 11.9 Å². The molecular formula is C21H22O7. The number of ether oxygens (including phenoxy) is 4. The number of benzene rings is 2. The number of hydrogen-bond acceptors (Lipinski definition) is 7. The lowest BCUT2D eigenvalue weighted by molar-refractivity contribution is -0.334. The number of aryl methyl sites for hydroxylation is 1. The quantitative estimate of drug-likeness (QED) is 0.638. The van der Waals surface area contributed by atoms with E-state index in [1.807, 2.05) is 0 Å². The van der Waals surface area contributed by atoms with E-state index in [1.54, 1.807) is 49.4 Å². The van der Waals surface area contributed by atoms with E-state index < -0.39 is 29.9 Å². The van der Waals surface area contributed by atoms with Crippen LogP contribution in [0.2, 0.25) is 0 Å². The normalized spacial score (nSPS) is 19.8. The molecule has 1 heterocycles. The number of aliphatic hydroxyl groups excluding tert-OH is 1. The average molecular weight is 386 g/mol. The molecule has 148 valence electrons. The molecule has 7 nitrogen and oxygen atoms in total. The van der Waals surface area contributed by atoms with Crippen molar-refractivity contribution < 1.29 is 33.6 Å². The lowest BCUT2D eigenvalue weighted by Crippen LogP contribution is -2.54. The highest BCUT2D eigenvalue weighted by Gasteiger charge is 2.57. The van der Waals surface area contributed by atoms with Crippen LogP contribution in [0.3, 0.4) is 0 Å². The number of carbonyl (C=O) groups excluding carboxylic acids is 2. The fourth-order valence-electron chi connectivity index (χ4n) is 3.44. The highest BCUT2D eigenvalue weighted by Crippen LogP contribution is 2.51. The van der Waals surface area contributed by atoms with Crippen molar-refractivity contribution in [3.8, 4) is 11.5 Å². The van der Waals surface area contributed by atoms with Crippen LogP contribution in [0.15, 0.2) is 42.5 Å². The standard InChI is InChI=1S/C21H22O7/c1-12-7-5-10-17-19(24)18(15-8-6-9-16(11-15)25-4)21(26-13(2)22,27-14(3)23)28-20(12)17/h5-11,18-19,24H,1-4H3. The van der Waals surface area contributed by atoms with Gasteiger partial charge in [0, 0.05) is 19.4 Å². The average Bonchev–Trinajstić information content (AvgIpc) is 2.62. The Morgan fingerprint density at radius 3 is 2.32 bits per heavy atom. The minimum Gasteiger partial charge on any atom is -0.497 e. The fraction of sp³-hybridized carbons (Fsp3) is 0.333. The summed E-state index contributed by atoms with van der Waals surface area (Å²) in [5, 5.41) is 11.2. The molecule has 3 rings (SSSR count). The third-order valence-corrected chi connectivity index (χ3v) is 4.53. The summed E-state index contributed by atoms with van der Waals surface area (Å²) in [5.74, 6) is -3.82. The van der Waals surface area contributed by atoms with Gasteiger partial charge in [-0.15, -0.1) is 0 Å². The summed E-state index contributed by atoms with van der Waals surface area (Å²) < 4.78 is 22.1. The Bertz CT molecular complexity index is 889. The van der Waals surface area contributed by atoms with E-state index in [0.29, 0.717) is 28.2 Å². The third kappa shape index (κ3) is 3.53. The number of para-hydroxylation sites is 1. The molecule has 7 heteroatoms. The predicted octanol–water partition coefficient (Wildman–Crippen LogP) is 2.99. The second-order valence-corrected chi connectivity index (χ2v) is 6.59. The number of methoxy groups -OCH3 is 1. The summed E-state index contributed by atoms with van der Waals surface area (Å²) in [4.78, 5) is 23.8. The van der Waals surface area contributed by atoms with Gasteiger partial charge in [-0.1, -0.05) is 30.3 Å². The second-order valence-electron chi connectivity index (χ2n) is 6.59. The molecule has 0 aliphatic carbocycles. The molecule has 28 heavy (non-hydrogen) atoms. The first-order chi connectivity index (χ1) is 13.3. The summed E-state index contributed by atoms with van der Waals surface area (Å²) in [5.41, 5.74) is 1.72. The van der Waals surface area contributed by atoms with Crippen LogP contribution in [-0.4, -0.2) is 30.1 Å². The van der Waals surface area contributed by atoms with E-state index in [9.17, 15) is 14.7 Å². The van der Waals surface area contributed by atoms with E-state index in [0.717, 1.165) is 0 Å². The molecule has 0 spiro atoms. The molecule has 1 N–H and O–H groups in total. The van der Waals surface area contributed by atoms with Crippen LogP contribution < -0.4 is 9.47 Å². The largest absolute Gasteiger partial charge is 0.497 e.